The van der Waals surface area contributed by atoms with Gasteiger partial charge in [0, 0.05) is 35.8 Å². The molecule has 3 aliphatic rings. The van der Waals surface area contributed by atoms with E-state index in [1.807, 2.05) is 24.3 Å². The molecule has 0 unspecified atom stereocenters. The summed E-state index contributed by atoms with van der Waals surface area (Å²) in [5.41, 5.74) is 3.62. The molecule has 0 radical (unpaired) electrons. The van der Waals surface area contributed by atoms with E-state index in [2.05, 4.69) is 4.84 Å². The van der Waals surface area contributed by atoms with Crippen LogP contribution in [0.1, 0.15) is 42.4 Å². The van der Waals surface area contributed by atoms with Crippen molar-refractivity contribution in [2.24, 2.45) is 0 Å². The Labute approximate surface area is 313 Å². The van der Waals surface area contributed by atoms with Crippen molar-refractivity contribution < 1.29 is 61.7 Å². The van der Waals surface area contributed by atoms with E-state index in [-0.39, 0.29) is 71.4 Å². The Morgan fingerprint density at radius 2 is 1.65 bits per heavy atom. The highest BCUT2D eigenvalue weighted by molar-refractivity contribution is 6.31. The van der Waals surface area contributed by atoms with Crippen molar-refractivity contribution in [2.75, 3.05) is 52.9 Å². The Morgan fingerprint density at radius 1 is 0.926 bits per heavy atom. The summed E-state index contributed by atoms with van der Waals surface area (Å²) in [5, 5.41) is 17.2. The highest BCUT2D eigenvalue weighted by atomic mass is 35.5. The maximum atomic E-state index is 14.5. The highest BCUT2D eigenvalue weighted by Gasteiger charge is 2.38. The second kappa shape index (κ2) is 18.2. The summed E-state index contributed by atoms with van der Waals surface area (Å²) in [4.78, 5) is 35.4. The molecule has 0 aromatic heterocycles. The molecule has 6 rings (SSSR count). The third-order valence-corrected chi connectivity index (χ3v) is 9.39. The number of hydrogen-bond donors (Lipinski definition) is 2. The van der Waals surface area contributed by atoms with Gasteiger partial charge in [-0.1, -0.05) is 35.9 Å². The second-order valence-electron chi connectivity index (χ2n) is 12.7. The van der Waals surface area contributed by atoms with E-state index in [1.54, 1.807) is 17.0 Å². The number of halogens is 4. The number of ether oxygens (including phenoxy) is 5. The summed E-state index contributed by atoms with van der Waals surface area (Å²) in [6.45, 7) is 0.396. The first-order chi connectivity index (χ1) is 26.1. The largest absolute Gasteiger partial charge is 0.488 e. The lowest BCUT2D eigenvalue weighted by molar-refractivity contribution is -0.493. The Hall–Kier alpha value is -4.58. The van der Waals surface area contributed by atoms with Crippen LogP contribution >= 0.6 is 11.6 Å². The number of aryl methyl sites for hydroxylation is 1. The van der Waals surface area contributed by atoms with Gasteiger partial charge >= 0.3 is 6.09 Å². The van der Waals surface area contributed by atoms with E-state index in [0.29, 0.717) is 53.0 Å². The fourth-order valence-corrected chi connectivity index (χ4v) is 6.36. The van der Waals surface area contributed by atoms with Gasteiger partial charge in [0.1, 0.15) is 6.61 Å². The molecule has 54 heavy (non-hydrogen) atoms. The van der Waals surface area contributed by atoms with E-state index in [4.69, 9.17) is 45.7 Å². The number of fused-ring (bicyclic) bond motifs is 1. The number of carbonyl (C=O) groups is 2. The molecule has 2 aliphatic heterocycles. The molecule has 17 heteroatoms. The van der Waals surface area contributed by atoms with Gasteiger partial charge in [-0.2, -0.15) is 4.39 Å². The van der Waals surface area contributed by atoms with Crippen molar-refractivity contribution >= 4 is 29.2 Å². The van der Waals surface area contributed by atoms with E-state index in [0.717, 1.165) is 35.6 Å². The lowest BCUT2D eigenvalue weighted by atomic mass is 9.91. The lowest BCUT2D eigenvalue weighted by Crippen LogP contribution is -2.43. The smallest absolute Gasteiger partial charge is 0.410 e. The first-order valence-corrected chi connectivity index (χ1v) is 17.7. The van der Waals surface area contributed by atoms with Crippen molar-refractivity contribution in [3.63, 3.8) is 0 Å². The van der Waals surface area contributed by atoms with Gasteiger partial charge in [-0.25, -0.2) is 18.4 Å². The van der Waals surface area contributed by atoms with Crippen LogP contribution in [0.3, 0.4) is 0 Å². The van der Waals surface area contributed by atoms with E-state index in [1.165, 1.54) is 4.90 Å². The monoisotopic (exact) mass is 777 g/mol. The first-order valence-electron chi connectivity index (χ1n) is 17.4. The Morgan fingerprint density at radius 3 is 2.39 bits per heavy atom. The molecule has 3 aromatic carbocycles. The van der Waals surface area contributed by atoms with Crippen molar-refractivity contribution in [3.8, 4) is 17.2 Å². The number of nitrogens with zero attached hydrogens (tertiary/aromatic N) is 3. The molecule has 290 valence electrons. The fourth-order valence-electron chi connectivity index (χ4n) is 6.15. The van der Waals surface area contributed by atoms with Crippen LogP contribution in [-0.4, -0.2) is 96.6 Å². The van der Waals surface area contributed by atoms with Gasteiger partial charge in [-0.05, 0) is 72.6 Å². The first kappa shape index (κ1) is 39.1. The molecule has 2 N–H and O–H groups in total. The molecular formula is C37H39ClF3N3O10. The average molecular weight is 778 g/mol. The van der Waals surface area contributed by atoms with Crippen molar-refractivity contribution in [2.45, 2.75) is 44.7 Å². The van der Waals surface area contributed by atoms with Crippen LogP contribution in [0.25, 0.3) is 5.57 Å². The number of carbonyl (C=O) groups excluding carboxylic acids is 2. The standard InChI is InChI=1S/C37H39ClF3N3O10/c38-29-19-33-32(52-22-53-33)18-25(29)20-43(26-7-8-26)36(45)28-21-42(37(46)51-16-14-49-15-17-54-44(47)48)12-11-27(28)24-5-3-23(4-6-24)2-1-13-50-35-31(40)10-9-30(39)34(35)41/h3-6,9-10,18-19,26,47-48H,1-2,7-8,11-17,20-22H2. The maximum Gasteiger partial charge on any atom is 0.410 e. The van der Waals surface area contributed by atoms with Crippen LogP contribution in [0.5, 0.6) is 17.2 Å². The average Bonchev–Trinajstić information content (AvgIpc) is 3.91. The number of benzene rings is 3. The summed E-state index contributed by atoms with van der Waals surface area (Å²) in [5.74, 6) is -3.44. The second-order valence-corrected chi connectivity index (χ2v) is 13.1. The Kier molecular flexibility index (Phi) is 13.2. The van der Waals surface area contributed by atoms with Gasteiger partial charge in [-0.15, -0.1) is 0 Å². The van der Waals surface area contributed by atoms with Crippen molar-refractivity contribution in [1.82, 2.24) is 15.2 Å². The molecule has 0 atom stereocenters. The quantitative estimate of drug-likeness (QED) is 0.0906. The predicted octanol–water partition coefficient (Wildman–Crippen LogP) is 6.31. The molecular weight excluding hydrogens is 739 g/mol. The zero-order valence-electron chi connectivity index (χ0n) is 29.1. The minimum absolute atomic E-state index is 0.00505. The highest BCUT2D eigenvalue weighted by Crippen LogP contribution is 2.40. The fraction of sp³-hybridized carbons (Fsp3) is 0.405. The number of hydrogen-bond acceptors (Lipinski definition) is 11. The zero-order chi connectivity index (χ0) is 38.2. The van der Waals surface area contributed by atoms with Gasteiger partial charge in [0.15, 0.2) is 28.9 Å². The summed E-state index contributed by atoms with van der Waals surface area (Å²) < 4.78 is 68.3. The SMILES string of the molecule is O=C(OCCOCCON(O)O)N1CCC(c2ccc(CCCOc3c(F)ccc(F)c3F)cc2)=C(C(=O)N(Cc2cc3c(cc2Cl)OCO3)C2CC2)C1. The van der Waals surface area contributed by atoms with Crippen LogP contribution in [0, 0.1) is 17.5 Å². The molecule has 3 aromatic rings. The van der Waals surface area contributed by atoms with Gasteiger partial charge in [0.25, 0.3) is 5.91 Å². The molecule has 2 heterocycles. The van der Waals surface area contributed by atoms with E-state index >= 15 is 0 Å². The van der Waals surface area contributed by atoms with Gasteiger partial charge in [0.05, 0.1) is 38.4 Å². The lowest BCUT2D eigenvalue weighted by Gasteiger charge is -2.33. The third kappa shape index (κ3) is 9.93. The maximum absolute atomic E-state index is 14.5. The minimum atomic E-state index is -1.37. The van der Waals surface area contributed by atoms with Gasteiger partial charge < -0.3 is 33.5 Å². The van der Waals surface area contributed by atoms with Gasteiger partial charge in [0.2, 0.25) is 12.6 Å². The number of rotatable bonds is 17. The molecule has 0 bridgehead atoms. The molecule has 1 fully saturated rings. The molecule has 0 saturated heterocycles. The Bertz CT molecular complexity index is 1840. The van der Waals surface area contributed by atoms with E-state index < -0.39 is 34.7 Å². The molecule has 13 nitrogen and oxygen atoms in total. The minimum Gasteiger partial charge on any atom is -0.488 e. The van der Waals surface area contributed by atoms with Gasteiger partial charge in [-0.3, -0.25) is 15.2 Å². The van der Waals surface area contributed by atoms with Crippen LogP contribution in [0.15, 0.2) is 54.1 Å². The third-order valence-electron chi connectivity index (χ3n) is 9.04. The van der Waals surface area contributed by atoms with Crippen molar-refractivity contribution in [1.29, 1.82) is 0 Å². The summed E-state index contributed by atoms with van der Waals surface area (Å²) in [6, 6.07) is 12.5. The van der Waals surface area contributed by atoms with Crippen LogP contribution in [0.4, 0.5) is 18.0 Å². The summed E-state index contributed by atoms with van der Waals surface area (Å²) >= 11 is 6.62. The van der Waals surface area contributed by atoms with Crippen LogP contribution in [-0.2, 0) is 32.1 Å². The van der Waals surface area contributed by atoms with E-state index in [9.17, 15) is 22.8 Å². The number of amides is 2. The van der Waals surface area contributed by atoms with Crippen LogP contribution in [0.2, 0.25) is 5.02 Å². The zero-order valence-corrected chi connectivity index (χ0v) is 29.9. The molecule has 1 aliphatic carbocycles. The topological polar surface area (TPSA) is 140 Å². The van der Waals surface area contributed by atoms with Crippen molar-refractivity contribution in [3.05, 3.63) is 93.3 Å². The summed E-state index contributed by atoms with van der Waals surface area (Å²) in [6.07, 6.45) is 2.29. The predicted molar refractivity (Wildman–Crippen MR) is 184 cm³/mol. The van der Waals surface area contributed by atoms with Crippen LogP contribution < -0.4 is 14.2 Å². The molecule has 1 saturated carbocycles. The molecule has 0 spiro atoms. The normalized spacial score (nSPS) is 15.2. The Balaban J connectivity index is 1.16. The summed E-state index contributed by atoms with van der Waals surface area (Å²) in [7, 11) is 0. The molecule has 2 amide bonds.